The molecule has 4 nitrogen and oxygen atoms in total. The fourth-order valence-corrected chi connectivity index (χ4v) is 5.11. The van der Waals surface area contributed by atoms with Crippen molar-refractivity contribution < 1.29 is 18.8 Å². The summed E-state index contributed by atoms with van der Waals surface area (Å²) in [6.07, 6.45) is 16.4. The lowest BCUT2D eigenvalue weighted by atomic mass is 10.0. The summed E-state index contributed by atoms with van der Waals surface area (Å²) in [5.41, 5.74) is 2.58. The lowest BCUT2D eigenvalue weighted by Gasteiger charge is -2.29. The molecule has 1 atom stereocenters. The van der Waals surface area contributed by atoms with Gasteiger partial charge in [0.15, 0.2) is 0 Å². The number of ether oxygens (including phenoxy) is 2. The number of carbonyl (C=O) groups is 1. The van der Waals surface area contributed by atoms with Crippen LogP contribution in [0.15, 0.2) is 54.6 Å². The molecule has 0 N–H and O–H groups in total. The van der Waals surface area contributed by atoms with Crippen LogP contribution in [0.4, 0.5) is 0 Å². The topological polar surface area (TPSA) is 35.5 Å². The predicted octanol–water partition coefficient (Wildman–Crippen LogP) is 8.91. The molecule has 0 spiro atoms. The van der Waals surface area contributed by atoms with Crippen LogP contribution in [0.25, 0.3) is 0 Å². The van der Waals surface area contributed by atoms with Crippen LogP contribution in [0.5, 0.6) is 5.75 Å². The normalized spacial score (nSPS) is 12.3. The first kappa shape index (κ1) is 32.9. The Morgan fingerprint density at radius 2 is 1.38 bits per heavy atom. The second-order valence-electron chi connectivity index (χ2n) is 11.8. The summed E-state index contributed by atoms with van der Waals surface area (Å²) in [4.78, 5) is 12.5. The molecule has 0 aromatic heterocycles. The summed E-state index contributed by atoms with van der Waals surface area (Å²) in [6, 6.07) is 18.9. The molecule has 2 aromatic carbocycles. The Balaban J connectivity index is 1.65. The molecule has 0 fully saturated rings. The van der Waals surface area contributed by atoms with E-state index in [1.165, 1.54) is 75.3 Å². The van der Waals surface area contributed by atoms with Gasteiger partial charge >= 0.3 is 5.97 Å². The summed E-state index contributed by atoms with van der Waals surface area (Å²) >= 11 is 0. The van der Waals surface area contributed by atoms with Crippen molar-refractivity contribution in [3.8, 4) is 5.75 Å². The standard InChI is InChI=1S/C35H56NO3/c1-5-7-8-9-10-11-12-13-14-18-24-32-25-19-20-26-34(32)39-33(6-2)30-38-35(37)27-21-28-36(3,4)29-31-22-16-15-17-23-31/h15-17,19-20,22-23,25-26,33H,5-14,18,21,24,27-30H2,1-4H3/q+1. The van der Waals surface area contributed by atoms with Gasteiger partial charge < -0.3 is 14.0 Å². The first-order chi connectivity index (χ1) is 18.9. The molecular weight excluding hydrogens is 482 g/mol. The van der Waals surface area contributed by atoms with E-state index in [1.54, 1.807) is 0 Å². The fourth-order valence-electron chi connectivity index (χ4n) is 5.11. The number of nitrogens with zero attached hydrogens (tertiary/aromatic N) is 1. The zero-order chi connectivity index (χ0) is 28.2. The summed E-state index contributed by atoms with van der Waals surface area (Å²) in [7, 11) is 4.43. The van der Waals surface area contributed by atoms with E-state index in [-0.39, 0.29) is 12.1 Å². The highest BCUT2D eigenvalue weighted by molar-refractivity contribution is 5.69. The smallest absolute Gasteiger partial charge is 0.306 e. The Morgan fingerprint density at radius 1 is 0.769 bits per heavy atom. The number of unbranched alkanes of at least 4 members (excludes halogenated alkanes) is 9. The maximum Gasteiger partial charge on any atom is 0.306 e. The molecule has 2 aromatic rings. The molecule has 0 aliphatic rings. The van der Waals surface area contributed by atoms with Gasteiger partial charge in [-0.1, -0.05) is 120 Å². The molecule has 218 valence electrons. The van der Waals surface area contributed by atoms with Crippen molar-refractivity contribution in [1.82, 2.24) is 0 Å². The van der Waals surface area contributed by atoms with Crippen molar-refractivity contribution in [2.75, 3.05) is 27.2 Å². The molecule has 0 radical (unpaired) electrons. The van der Waals surface area contributed by atoms with Gasteiger partial charge in [0.2, 0.25) is 0 Å². The first-order valence-electron chi connectivity index (χ1n) is 15.7. The van der Waals surface area contributed by atoms with Crippen LogP contribution in [0, 0.1) is 0 Å². The largest absolute Gasteiger partial charge is 0.487 e. The first-order valence-corrected chi connectivity index (χ1v) is 15.7. The highest BCUT2D eigenvalue weighted by atomic mass is 16.6. The van der Waals surface area contributed by atoms with Gasteiger partial charge in [-0.25, -0.2) is 0 Å². The van der Waals surface area contributed by atoms with Crippen LogP contribution >= 0.6 is 0 Å². The second-order valence-corrected chi connectivity index (χ2v) is 11.8. The minimum absolute atomic E-state index is 0.117. The second kappa shape index (κ2) is 19.7. The van der Waals surface area contributed by atoms with E-state index in [4.69, 9.17) is 9.47 Å². The SMILES string of the molecule is CCCCCCCCCCCCc1ccccc1OC(CC)COC(=O)CCC[N+](C)(C)Cc1ccccc1. The molecule has 0 aliphatic heterocycles. The minimum Gasteiger partial charge on any atom is -0.487 e. The maximum atomic E-state index is 12.5. The van der Waals surface area contributed by atoms with Crippen LogP contribution in [0.3, 0.4) is 0 Å². The van der Waals surface area contributed by atoms with Crippen LogP contribution in [-0.2, 0) is 22.5 Å². The summed E-state index contributed by atoms with van der Waals surface area (Å²) in [5, 5.41) is 0. The molecule has 1 unspecified atom stereocenters. The highest BCUT2D eigenvalue weighted by Gasteiger charge is 2.18. The Labute approximate surface area is 239 Å². The summed E-state index contributed by atoms with van der Waals surface area (Å²) < 4.78 is 12.8. The zero-order valence-corrected chi connectivity index (χ0v) is 25.5. The van der Waals surface area contributed by atoms with Gasteiger partial charge in [0.05, 0.1) is 27.1 Å². The zero-order valence-electron chi connectivity index (χ0n) is 25.5. The third kappa shape index (κ3) is 15.1. The molecule has 2 rings (SSSR count). The van der Waals surface area contributed by atoms with E-state index in [9.17, 15) is 4.79 Å². The van der Waals surface area contributed by atoms with Crippen LogP contribution < -0.4 is 4.74 Å². The number of quaternary nitrogens is 1. The van der Waals surface area contributed by atoms with Gasteiger partial charge in [0.25, 0.3) is 0 Å². The van der Waals surface area contributed by atoms with Gasteiger partial charge in [0.1, 0.15) is 25.0 Å². The molecule has 0 saturated carbocycles. The van der Waals surface area contributed by atoms with Crippen molar-refractivity contribution in [3.05, 3.63) is 65.7 Å². The molecule has 0 bridgehead atoms. The molecule has 0 aliphatic carbocycles. The lowest BCUT2D eigenvalue weighted by Crippen LogP contribution is -2.39. The van der Waals surface area contributed by atoms with E-state index < -0.39 is 0 Å². The van der Waals surface area contributed by atoms with Crippen molar-refractivity contribution in [1.29, 1.82) is 0 Å². The average molecular weight is 539 g/mol. The molecule has 0 heterocycles. The number of para-hydroxylation sites is 1. The van der Waals surface area contributed by atoms with Gasteiger partial charge in [-0.3, -0.25) is 4.79 Å². The molecular formula is C35H56NO3+. The maximum absolute atomic E-state index is 12.5. The number of carbonyl (C=O) groups excluding carboxylic acids is 1. The van der Waals surface area contributed by atoms with Gasteiger partial charge in [-0.2, -0.15) is 0 Å². The number of esters is 1. The number of aryl methyl sites for hydroxylation is 1. The van der Waals surface area contributed by atoms with Crippen LogP contribution in [0.2, 0.25) is 0 Å². The quantitative estimate of drug-likeness (QED) is 0.0853. The number of rotatable bonds is 22. The van der Waals surface area contributed by atoms with Crippen molar-refractivity contribution >= 4 is 5.97 Å². The third-order valence-electron chi connectivity index (χ3n) is 7.55. The van der Waals surface area contributed by atoms with Crippen LogP contribution in [0.1, 0.15) is 108 Å². The predicted molar refractivity (Wildman–Crippen MR) is 164 cm³/mol. The summed E-state index contributed by atoms with van der Waals surface area (Å²) in [5.74, 6) is 0.812. The number of hydrogen-bond donors (Lipinski definition) is 0. The lowest BCUT2D eigenvalue weighted by molar-refractivity contribution is -0.903. The molecule has 0 amide bonds. The number of hydrogen-bond acceptors (Lipinski definition) is 3. The van der Waals surface area contributed by atoms with Gasteiger partial charge in [-0.05, 0) is 30.9 Å². The van der Waals surface area contributed by atoms with Crippen molar-refractivity contribution in [3.63, 3.8) is 0 Å². The minimum atomic E-state index is -0.129. The van der Waals surface area contributed by atoms with Crippen molar-refractivity contribution in [2.45, 2.75) is 116 Å². The Bertz CT molecular complexity index is 896. The average Bonchev–Trinajstić information content (AvgIpc) is 2.93. The van der Waals surface area contributed by atoms with E-state index in [0.717, 1.165) is 42.6 Å². The Kier molecular flexibility index (Phi) is 16.6. The molecule has 0 saturated heterocycles. The van der Waals surface area contributed by atoms with E-state index in [0.29, 0.717) is 13.0 Å². The Hall–Kier alpha value is -2.33. The number of benzene rings is 2. The Morgan fingerprint density at radius 3 is 2.05 bits per heavy atom. The monoisotopic (exact) mass is 538 g/mol. The van der Waals surface area contributed by atoms with E-state index in [1.807, 2.05) is 12.1 Å². The van der Waals surface area contributed by atoms with Crippen molar-refractivity contribution in [2.24, 2.45) is 0 Å². The van der Waals surface area contributed by atoms with Gasteiger partial charge in [-0.15, -0.1) is 0 Å². The summed E-state index contributed by atoms with van der Waals surface area (Å²) in [6.45, 7) is 6.57. The van der Waals surface area contributed by atoms with Crippen LogP contribution in [-0.4, -0.2) is 43.8 Å². The highest BCUT2D eigenvalue weighted by Crippen LogP contribution is 2.23. The molecule has 39 heavy (non-hydrogen) atoms. The molecule has 4 heteroatoms. The van der Waals surface area contributed by atoms with E-state index >= 15 is 0 Å². The third-order valence-corrected chi connectivity index (χ3v) is 7.55. The van der Waals surface area contributed by atoms with Gasteiger partial charge in [0, 0.05) is 12.0 Å². The van der Waals surface area contributed by atoms with E-state index in [2.05, 4.69) is 70.4 Å². The fraction of sp³-hybridized carbons (Fsp3) is 0.629.